The number of aryl methyl sites for hydroxylation is 2. The topological polar surface area (TPSA) is 46.4 Å². The molecule has 4 heteroatoms. The van der Waals surface area contributed by atoms with Crippen molar-refractivity contribution >= 4 is 22.9 Å². The number of nitrogens with zero attached hydrogens (tertiary/aromatic N) is 2. The molecular formula is C26H25N3O. The first-order valence-electron chi connectivity index (χ1n) is 10.1. The van der Waals surface area contributed by atoms with E-state index >= 15 is 0 Å². The maximum Gasteiger partial charge on any atom is 0.244 e. The Morgan fingerprint density at radius 3 is 2.53 bits per heavy atom. The van der Waals surface area contributed by atoms with Gasteiger partial charge in [0.25, 0.3) is 0 Å². The number of hydrogen-bond acceptors (Lipinski definition) is 2. The highest BCUT2D eigenvalue weighted by Gasteiger charge is 2.11. The highest BCUT2D eigenvalue weighted by atomic mass is 16.2. The minimum absolute atomic E-state index is 0.129. The molecule has 0 unspecified atom stereocenters. The van der Waals surface area contributed by atoms with E-state index in [4.69, 9.17) is 0 Å². The van der Waals surface area contributed by atoms with Gasteiger partial charge < -0.3 is 4.57 Å². The Labute approximate surface area is 176 Å². The molecule has 0 saturated heterocycles. The predicted octanol–water partition coefficient (Wildman–Crippen LogP) is 5.25. The van der Waals surface area contributed by atoms with E-state index in [9.17, 15) is 4.79 Å². The third-order valence-electron chi connectivity index (χ3n) is 5.45. The summed E-state index contributed by atoms with van der Waals surface area (Å²) in [4.78, 5) is 12.4. The predicted molar refractivity (Wildman–Crippen MR) is 123 cm³/mol. The molecule has 0 fully saturated rings. The maximum absolute atomic E-state index is 12.4. The molecule has 0 saturated carbocycles. The number of hydrogen-bond donors (Lipinski definition) is 1. The molecule has 0 aliphatic heterocycles. The van der Waals surface area contributed by atoms with Crippen LogP contribution >= 0.6 is 0 Å². The molecule has 150 valence electrons. The molecule has 0 spiro atoms. The standard InChI is InChI=1S/C26H25N3O/c1-18-9-4-7-14-25(18)29-19(2)15-23(20(29)3)17-27-28-26(30)16-22-12-8-11-21-10-5-6-13-24(21)22/h4-15,17H,16H2,1-3H3,(H,28,30)/b27-17-. The number of hydrazone groups is 1. The Bertz CT molecular complexity index is 1250. The van der Waals surface area contributed by atoms with Crippen molar-refractivity contribution in [1.82, 2.24) is 9.99 Å². The summed E-state index contributed by atoms with van der Waals surface area (Å²) in [6.07, 6.45) is 2.01. The normalized spacial score (nSPS) is 11.3. The zero-order chi connectivity index (χ0) is 21.1. The summed E-state index contributed by atoms with van der Waals surface area (Å²) in [5.41, 5.74) is 9.25. The van der Waals surface area contributed by atoms with Gasteiger partial charge in [-0.15, -0.1) is 0 Å². The molecule has 4 aromatic rings. The van der Waals surface area contributed by atoms with Crippen LogP contribution in [0.15, 0.2) is 77.9 Å². The van der Waals surface area contributed by atoms with Crippen molar-refractivity contribution in [3.05, 3.63) is 101 Å². The molecule has 0 bridgehead atoms. The lowest BCUT2D eigenvalue weighted by atomic mass is 10.0. The number of fused-ring (bicyclic) bond motifs is 1. The van der Waals surface area contributed by atoms with Gasteiger partial charge in [0.15, 0.2) is 0 Å². The van der Waals surface area contributed by atoms with Gasteiger partial charge in [-0.1, -0.05) is 60.7 Å². The second kappa shape index (κ2) is 8.37. The van der Waals surface area contributed by atoms with Crippen LogP contribution in [0.5, 0.6) is 0 Å². The zero-order valence-corrected chi connectivity index (χ0v) is 17.5. The molecule has 1 heterocycles. The summed E-state index contributed by atoms with van der Waals surface area (Å²) < 4.78 is 2.22. The number of aromatic nitrogens is 1. The molecule has 4 nitrogen and oxygen atoms in total. The first-order valence-corrected chi connectivity index (χ1v) is 10.1. The van der Waals surface area contributed by atoms with Crippen LogP contribution in [0.3, 0.4) is 0 Å². The molecule has 30 heavy (non-hydrogen) atoms. The average molecular weight is 396 g/mol. The van der Waals surface area contributed by atoms with Crippen molar-refractivity contribution in [2.24, 2.45) is 5.10 Å². The van der Waals surface area contributed by atoms with Crippen LogP contribution in [0.1, 0.15) is 28.1 Å². The quantitative estimate of drug-likeness (QED) is 0.364. The number of para-hydroxylation sites is 1. The number of amides is 1. The van der Waals surface area contributed by atoms with E-state index in [-0.39, 0.29) is 5.91 Å². The fourth-order valence-electron chi connectivity index (χ4n) is 3.94. The van der Waals surface area contributed by atoms with Crippen molar-refractivity contribution in [2.45, 2.75) is 27.2 Å². The molecule has 0 radical (unpaired) electrons. The van der Waals surface area contributed by atoms with E-state index in [1.807, 2.05) is 42.5 Å². The Morgan fingerprint density at radius 1 is 0.967 bits per heavy atom. The van der Waals surface area contributed by atoms with E-state index in [0.29, 0.717) is 6.42 Å². The van der Waals surface area contributed by atoms with Crippen molar-refractivity contribution in [2.75, 3.05) is 0 Å². The van der Waals surface area contributed by atoms with Crippen LogP contribution in [-0.4, -0.2) is 16.7 Å². The van der Waals surface area contributed by atoms with E-state index in [0.717, 1.165) is 39.0 Å². The molecule has 0 aliphatic carbocycles. The van der Waals surface area contributed by atoms with Gasteiger partial charge in [0.05, 0.1) is 12.6 Å². The Kier molecular flexibility index (Phi) is 5.48. The van der Waals surface area contributed by atoms with E-state index in [1.165, 1.54) is 5.56 Å². The van der Waals surface area contributed by atoms with Gasteiger partial charge in [0, 0.05) is 22.6 Å². The Morgan fingerprint density at radius 2 is 1.70 bits per heavy atom. The van der Waals surface area contributed by atoms with Gasteiger partial charge in [0.2, 0.25) is 5.91 Å². The lowest BCUT2D eigenvalue weighted by Crippen LogP contribution is -2.20. The third kappa shape index (κ3) is 3.90. The molecule has 1 aromatic heterocycles. The zero-order valence-electron chi connectivity index (χ0n) is 17.5. The Balaban J connectivity index is 1.49. The van der Waals surface area contributed by atoms with Gasteiger partial charge in [0.1, 0.15) is 0 Å². The summed E-state index contributed by atoms with van der Waals surface area (Å²) in [7, 11) is 0. The summed E-state index contributed by atoms with van der Waals surface area (Å²) in [5, 5.41) is 6.44. The van der Waals surface area contributed by atoms with Gasteiger partial charge >= 0.3 is 0 Å². The molecular weight excluding hydrogens is 370 g/mol. The summed E-state index contributed by atoms with van der Waals surface area (Å²) in [6.45, 7) is 6.25. The molecule has 4 rings (SSSR count). The van der Waals surface area contributed by atoms with Crippen LogP contribution in [0.4, 0.5) is 0 Å². The Hall–Kier alpha value is -3.66. The minimum Gasteiger partial charge on any atom is -0.318 e. The number of carbonyl (C=O) groups excluding carboxylic acids is 1. The molecule has 1 amide bonds. The maximum atomic E-state index is 12.4. The highest BCUT2D eigenvalue weighted by molar-refractivity contribution is 5.90. The molecule has 3 aromatic carbocycles. The average Bonchev–Trinajstić information content (AvgIpc) is 3.02. The monoisotopic (exact) mass is 395 g/mol. The molecule has 0 atom stereocenters. The fraction of sp³-hybridized carbons (Fsp3) is 0.154. The first-order chi connectivity index (χ1) is 14.5. The number of nitrogens with one attached hydrogen (secondary N) is 1. The lowest BCUT2D eigenvalue weighted by molar-refractivity contribution is -0.120. The largest absolute Gasteiger partial charge is 0.318 e. The van der Waals surface area contributed by atoms with Crippen molar-refractivity contribution in [3.63, 3.8) is 0 Å². The SMILES string of the molecule is Cc1ccccc1-n1c(C)cc(/C=N\NC(=O)Cc2cccc3ccccc23)c1C. The fourth-order valence-corrected chi connectivity index (χ4v) is 3.94. The summed E-state index contributed by atoms with van der Waals surface area (Å²) in [6, 6.07) is 24.5. The third-order valence-corrected chi connectivity index (χ3v) is 5.45. The van der Waals surface area contributed by atoms with Crippen molar-refractivity contribution in [1.29, 1.82) is 0 Å². The smallest absolute Gasteiger partial charge is 0.244 e. The van der Waals surface area contributed by atoms with Crippen LogP contribution in [-0.2, 0) is 11.2 Å². The van der Waals surface area contributed by atoms with Gasteiger partial charge in [-0.2, -0.15) is 5.10 Å². The van der Waals surface area contributed by atoms with E-state index in [1.54, 1.807) is 6.21 Å². The van der Waals surface area contributed by atoms with Crippen LogP contribution < -0.4 is 5.43 Å². The summed E-state index contributed by atoms with van der Waals surface area (Å²) >= 11 is 0. The lowest BCUT2D eigenvalue weighted by Gasteiger charge is -2.12. The number of rotatable bonds is 5. The van der Waals surface area contributed by atoms with Gasteiger partial charge in [-0.25, -0.2) is 5.43 Å². The number of benzene rings is 3. The van der Waals surface area contributed by atoms with Gasteiger partial charge in [-0.05, 0) is 54.8 Å². The molecule has 0 aliphatic rings. The second-order valence-corrected chi connectivity index (χ2v) is 7.56. The second-order valence-electron chi connectivity index (χ2n) is 7.56. The number of carbonyl (C=O) groups is 1. The van der Waals surface area contributed by atoms with Crippen LogP contribution in [0, 0.1) is 20.8 Å². The first kappa shape index (κ1) is 19.6. The van der Waals surface area contributed by atoms with E-state index < -0.39 is 0 Å². The van der Waals surface area contributed by atoms with Crippen LogP contribution in [0.25, 0.3) is 16.5 Å². The van der Waals surface area contributed by atoms with Crippen LogP contribution in [0.2, 0.25) is 0 Å². The van der Waals surface area contributed by atoms with Crippen molar-refractivity contribution < 1.29 is 4.79 Å². The summed E-state index contributed by atoms with van der Waals surface area (Å²) in [5.74, 6) is -0.129. The highest BCUT2D eigenvalue weighted by Crippen LogP contribution is 2.22. The molecule has 1 N–H and O–H groups in total. The van der Waals surface area contributed by atoms with Gasteiger partial charge in [-0.3, -0.25) is 4.79 Å². The van der Waals surface area contributed by atoms with E-state index in [2.05, 4.69) is 66.2 Å². The van der Waals surface area contributed by atoms with Crippen molar-refractivity contribution in [3.8, 4) is 5.69 Å². The minimum atomic E-state index is -0.129.